The normalized spacial score (nSPS) is 50.1. The first-order chi connectivity index (χ1) is 8.07. The van der Waals surface area contributed by atoms with Crippen molar-refractivity contribution in [3.05, 3.63) is 0 Å². The van der Waals surface area contributed by atoms with Crippen LogP contribution in [0.3, 0.4) is 0 Å². The number of rotatable bonds is 1. The van der Waals surface area contributed by atoms with Gasteiger partial charge in [0.1, 0.15) is 0 Å². The highest BCUT2D eigenvalue weighted by molar-refractivity contribution is 5.12. The summed E-state index contributed by atoms with van der Waals surface area (Å²) in [5.41, 5.74) is 0.242. The Hall–Kier alpha value is -0.0400. The third-order valence-corrected chi connectivity index (χ3v) is 6.43. The summed E-state index contributed by atoms with van der Waals surface area (Å²) >= 11 is 0. The molecule has 3 aliphatic rings. The van der Waals surface area contributed by atoms with Crippen LogP contribution in [0.15, 0.2) is 0 Å². The van der Waals surface area contributed by atoms with Crippen LogP contribution < -0.4 is 0 Å². The maximum absolute atomic E-state index is 10.7. The van der Waals surface area contributed by atoms with Crippen LogP contribution >= 0.6 is 0 Å². The molecule has 0 aromatic rings. The number of hydrogen-bond acceptors (Lipinski definition) is 1. The first kappa shape index (κ1) is 12.0. The van der Waals surface area contributed by atoms with Gasteiger partial charge >= 0.3 is 0 Å². The van der Waals surface area contributed by atoms with E-state index in [1.807, 2.05) is 0 Å². The smallest absolute Gasteiger partial charge is 0.0681 e. The molecular formula is C16H28O. The van der Waals surface area contributed by atoms with Crippen LogP contribution in [-0.2, 0) is 0 Å². The van der Waals surface area contributed by atoms with E-state index in [2.05, 4.69) is 13.8 Å². The molecular weight excluding hydrogens is 208 g/mol. The summed E-state index contributed by atoms with van der Waals surface area (Å²) in [7, 11) is 0. The first-order valence-corrected chi connectivity index (χ1v) is 7.79. The first-order valence-electron chi connectivity index (χ1n) is 7.79. The third-order valence-electron chi connectivity index (χ3n) is 6.43. The average Bonchev–Trinajstić information content (AvgIpc) is 2.35. The molecule has 98 valence electrons. The standard InChI is InChI=1S/C16H28O/c1-12(2)16(17)10-15(11-16)13-6-3-4-7-14(15)9-5-8-13/h12-14,17H,3-11H2,1-2H3. The second kappa shape index (κ2) is 3.98. The van der Waals surface area contributed by atoms with Crippen molar-refractivity contribution in [2.24, 2.45) is 23.2 Å². The Morgan fingerprint density at radius 1 is 0.882 bits per heavy atom. The highest BCUT2D eigenvalue weighted by Gasteiger charge is 2.62. The Morgan fingerprint density at radius 3 is 1.82 bits per heavy atom. The highest BCUT2D eigenvalue weighted by Crippen LogP contribution is 2.66. The van der Waals surface area contributed by atoms with Gasteiger partial charge in [-0.3, -0.25) is 0 Å². The fourth-order valence-electron chi connectivity index (χ4n) is 5.24. The summed E-state index contributed by atoms with van der Waals surface area (Å²) in [6.07, 6.45) is 12.4. The zero-order chi connectivity index (χ0) is 12.1. The minimum atomic E-state index is -0.321. The number of hydrogen-bond donors (Lipinski definition) is 1. The van der Waals surface area contributed by atoms with Crippen LogP contribution in [0.1, 0.15) is 71.6 Å². The van der Waals surface area contributed by atoms with Crippen molar-refractivity contribution in [3.8, 4) is 0 Å². The summed E-state index contributed by atoms with van der Waals surface area (Å²) in [6.45, 7) is 4.39. The molecule has 3 fully saturated rings. The summed E-state index contributed by atoms with van der Waals surface area (Å²) in [5, 5.41) is 10.7. The van der Waals surface area contributed by atoms with Crippen LogP contribution in [0.25, 0.3) is 0 Å². The summed E-state index contributed by atoms with van der Waals surface area (Å²) in [6, 6.07) is 0. The summed E-state index contributed by atoms with van der Waals surface area (Å²) < 4.78 is 0. The minimum Gasteiger partial charge on any atom is -0.390 e. The molecule has 1 N–H and O–H groups in total. The fraction of sp³-hybridized carbons (Fsp3) is 1.00. The molecule has 2 unspecified atom stereocenters. The molecule has 0 radical (unpaired) electrons. The van der Waals surface area contributed by atoms with E-state index in [-0.39, 0.29) is 5.60 Å². The summed E-state index contributed by atoms with van der Waals surface area (Å²) in [4.78, 5) is 0. The lowest BCUT2D eigenvalue weighted by Crippen LogP contribution is -2.61. The SMILES string of the molecule is CC(C)C1(O)CC2(C1)C1CCCCC2CCC1. The van der Waals surface area contributed by atoms with Crippen molar-refractivity contribution < 1.29 is 5.11 Å². The molecule has 3 saturated carbocycles. The Morgan fingerprint density at radius 2 is 1.35 bits per heavy atom. The molecule has 2 bridgehead atoms. The highest BCUT2D eigenvalue weighted by atomic mass is 16.3. The van der Waals surface area contributed by atoms with Gasteiger partial charge in [0.25, 0.3) is 0 Å². The summed E-state index contributed by atoms with van der Waals surface area (Å²) in [5.74, 6) is 2.34. The maximum Gasteiger partial charge on any atom is 0.0681 e. The van der Waals surface area contributed by atoms with Gasteiger partial charge in [-0.25, -0.2) is 0 Å². The van der Waals surface area contributed by atoms with Crippen molar-refractivity contribution in [2.75, 3.05) is 0 Å². The van der Waals surface area contributed by atoms with Gasteiger partial charge in [-0.15, -0.1) is 0 Å². The van der Waals surface area contributed by atoms with Crippen LogP contribution in [0.2, 0.25) is 0 Å². The topological polar surface area (TPSA) is 20.2 Å². The molecule has 3 aliphatic carbocycles. The van der Waals surface area contributed by atoms with Gasteiger partial charge in [-0.05, 0) is 61.7 Å². The Bertz CT molecular complexity index is 272. The van der Waals surface area contributed by atoms with Crippen LogP contribution in [0, 0.1) is 23.2 Å². The third kappa shape index (κ3) is 1.69. The van der Waals surface area contributed by atoms with Crippen LogP contribution in [-0.4, -0.2) is 10.7 Å². The average molecular weight is 236 g/mol. The van der Waals surface area contributed by atoms with E-state index in [0.717, 1.165) is 24.7 Å². The predicted octanol–water partition coefficient (Wildman–Crippen LogP) is 4.14. The molecule has 1 heteroatoms. The van der Waals surface area contributed by atoms with Gasteiger partial charge in [0.05, 0.1) is 5.60 Å². The molecule has 1 nitrogen and oxygen atoms in total. The maximum atomic E-state index is 10.7. The molecule has 1 spiro atoms. The van der Waals surface area contributed by atoms with E-state index in [0.29, 0.717) is 11.3 Å². The van der Waals surface area contributed by atoms with Gasteiger partial charge < -0.3 is 5.11 Å². The zero-order valence-corrected chi connectivity index (χ0v) is 11.5. The van der Waals surface area contributed by atoms with Crippen molar-refractivity contribution in [1.29, 1.82) is 0 Å². The van der Waals surface area contributed by atoms with E-state index in [9.17, 15) is 5.11 Å². The Labute approximate surface area is 106 Å². The largest absolute Gasteiger partial charge is 0.390 e. The minimum absolute atomic E-state index is 0.321. The molecule has 0 saturated heterocycles. The lowest BCUT2D eigenvalue weighted by molar-refractivity contribution is -0.211. The van der Waals surface area contributed by atoms with Crippen molar-refractivity contribution in [2.45, 2.75) is 77.2 Å². The quantitative estimate of drug-likeness (QED) is 0.725. The molecule has 0 amide bonds. The molecule has 0 aromatic carbocycles. The van der Waals surface area contributed by atoms with Gasteiger partial charge in [-0.1, -0.05) is 33.1 Å². The van der Waals surface area contributed by atoms with Gasteiger partial charge in [0, 0.05) is 0 Å². The van der Waals surface area contributed by atoms with E-state index in [1.165, 1.54) is 44.9 Å². The second-order valence-electron chi connectivity index (χ2n) is 7.45. The van der Waals surface area contributed by atoms with Gasteiger partial charge in [0.15, 0.2) is 0 Å². The van der Waals surface area contributed by atoms with E-state index < -0.39 is 0 Å². The Kier molecular flexibility index (Phi) is 2.81. The Balaban J connectivity index is 1.82. The molecule has 17 heavy (non-hydrogen) atoms. The zero-order valence-electron chi connectivity index (χ0n) is 11.5. The molecule has 0 aliphatic heterocycles. The van der Waals surface area contributed by atoms with Crippen LogP contribution in [0.5, 0.6) is 0 Å². The molecule has 3 rings (SSSR count). The fourth-order valence-corrected chi connectivity index (χ4v) is 5.24. The van der Waals surface area contributed by atoms with Crippen molar-refractivity contribution >= 4 is 0 Å². The van der Waals surface area contributed by atoms with Crippen LogP contribution in [0.4, 0.5) is 0 Å². The van der Waals surface area contributed by atoms with Gasteiger partial charge in [-0.2, -0.15) is 0 Å². The van der Waals surface area contributed by atoms with Crippen molar-refractivity contribution in [1.82, 2.24) is 0 Å². The molecule has 0 heterocycles. The van der Waals surface area contributed by atoms with E-state index >= 15 is 0 Å². The molecule has 2 atom stereocenters. The second-order valence-corrected chi connectivity index (χ2v) is 7.45. The van der Waals surface area contributed by atoms with E-state index in [1.54, 1.807) is 0 Å². The van der Waals surface area contributed by atoms with Crippen molar-refractivity contribution in [3.63, 3.8) is 0 Å². The predicted molar refractivity (Wildman–Crippen MR) is 70.8 cm³/mol. The monoisotopic (exact) mass is 236 g/mol. The lowest BCUT2D eigenvalue weighted by atomic mass is 9.43. The molecule has 0 aromatic heterocycles. The number of aliphatic hydroxyl groups is 1. The van der Waals surface area contributed by atoms with Gasteiger partial charge in [0.2, 0.25) is 0 Å². The lowest BCUT2D eigenvalue weighted by Gasteiger charge is -2.63. The van der Waals surface area contributed by atoms with E-state index in [4.69, 9.17) is 0 Å².